The van der Waals surface area contributed by atoms with Gasteiger partial charge < -0.3 is 11.1 Å². The molecule has 0 saturated heterocycles. The van der Waals surface area contributed by atoms with Crippen LogP contribution in [0.5, 0.6) is 0 Å². The number of nitrogens with two attached hydrogens (primary N) is 1. The number of nitrogens with one attached hydrogen (secondary N) is 1. The van der Waals surface area contributed by atoms with Crippen molar-refractivity contribution in [1.82, 2.24) is 0 Å². The number of nitriles is 1. The van der Waals surface area contributed by atoms with Crippen LogP contribution in [0, 0.1) is 16.7 Å². The first-order valence-corrected chi connectivity index (χ1v) is 5.49. The molecule has 0 aromatic heterocycles. The summed E-state index contributed by atoms with van der Waals surface area (Å²) in [6, 6.07) is 9.27. The van der Waals surface area contributed by atoms with E-state index in [1.54, 1.807) is 18.2 Å². The van der Waals surface area contributed by atoms with Crippen molar-refractivity contribution in [2.24, 2.45) is 11.1 Å². The van der Waals surface area contributed by atoms with Crippen LogP contribution >= 0.6 is 0 Å². The zero-order chi connectivity index (χ0) is 12.9. The number of amides is 1. The van der Waals surface area contributed by atoms with Gasteiger partial charge in [-0.1, -0.05) is 6.07 Å². The van der Waals surface area contributed by atoms with Gasteiger partial charge in [0.1, 0.15) is 0 Å². The van der Waals surface area contributed by atoms with Crippen LogP contribution in [0.25, 0.3) is 0 Å². The third-order valence-electron chi connectivity index (χ3n) is 2.53. The molecule has 0 bridgehead atoms. The first-order valence-electron chi connectivity index (χ1n) is 5.49. The molecule has 17 heavy (non-hydrogen) atoms. The summed E-state index contributed by atoms with van der Waals surface area (Å²) in [6.45, 7) is 4.48. The molecule has 4 nitrogen and oxygen atoms in total. The molecule has 0 atom stereocenters. The maximum Gasteiger partial charge on any atom is 0.248 e. The highest BCUT2D eigenvalue weighted by Crippen LogP contribution is 2.19. The zero-order valence-corrected chi connectivity index (χ0v) is 10.2. The Hall–Kier alpha value is -2.02. The van der Waals surface area contributed by atoms with Gasteiger partial charge in [-0.3, -0.25) is 4.79 Å². The average molecular weight is 231 g/mol. The van der Waals surface area contributed by atoms with Gasteiger partial charge >= 0.3 is 0 Å². The predicted octanol–water partition coefficient (Wildman–Crippen LogP) is 2.14. The number of hydrogen-bond acceptors (Lipinski definition) is 3. The number of anilines is 1. The normalized spacial score (nSPS) is 10.6. The SMILES string of the molecule is CC(C)(C#N)CCNc1cccc(C(N)=O)c1. The predicted molar refractivity (Wildman–Crippen MR) is 67.5 cm³/mol. The van der Waals surface area contributed by atoms with Crippen molar-refractivity contribution < 1.29 is 4.79 Å². The fraction of sp³-hybridized carbons (Fsp3) is 0.385. The summed E-state index contributed by atoms with van der Waals surface area (Å²) in [5, 5.41) is 12.0. The molecule has 0 radical (unpaired) electrons. The molecule has 3 N–H and O–H groups in total. The molecule has 1 rings (SSSR count). The van der Waals surface area contributed by atoms with Crippen LogP contribution in [0.1, 0.15) is 30.6 Å². The highest BCUT2D eigenvalue weighted by atomic mass is 16.1. The lowest BCUT2D eigenvalue weighted by Gasteiger charge is -2.15. The van der Waals surface area contributed by atoms with Crippen molar-refractivity contribution >= 4 is 11.6 Å². The molecule has 4 heteroatoms. The molecule has 0 unspecified atom stereocenters. The molecule has 1 aromatic carbocycles. The topological polar surface area (TPSA) is 78.9 Å². The van der Waals surface area contributed by atoms with Gasteiger partial charge in [0, 0.05) is 17.8 Å². The molecular weight excluding hydrogens is 214 g/mol. The first-order chi connectivity index (χ1) is 7.94. The van der Waals surface area contributed by atoms with Crippen molar-refractivity contribution in [3.63, 3.8) is 0 Å². The number of benzene rings is 1. The highest BCUT2D eigenvalue weighted by molar-refractivity contribution is 5.93. The Morgan fingerprint density at radius 3 is 2.82 bits per heavy atom. The summed E-state index contributed by atoms with van der Waals surface area (Å²) in [5.41, 5.74) is 6.18. The third kappa shape index (κ3) is 4.15. The molecule has 0 spiro atoms. The average Bonchev–Trinajstić information content (AvgIpc) is 2.29. The number of carbonyl (C=O) groups excluding carboxylic acids is 1. The maximum absolute atomic E-state index is 11.0. The van der Waals surface area contributed by atoms with E-state index in [1.807, 2.05) is 19.9 Å². The first kappa shape index (κ1) is 13.0. The molecule has 90 valence electrons. The fourth-order valence-corrected chi connectivity index (χ4v) is 1.36. The summed E-state index contributed by atoms with van der Waals surface area (Å²) in [7, 11) is 0. The van der Waals surface area contributed by atoms with Crippen molar-refractivity contribution in [1.29, 1.82) is 5.26 Å². The van der Waals surface area contributed by atoms with E-state index in [9.17, 15) is 4.79 Å². The van der Waals surface area contributed by atoms with Crippen LogP contribution in [0.4, 0.5) is 5.69 Å². The van der Waals surface area contributed by atoms with Gasteiger partial charge in [0.05, 0.1) is 11.5 Å². The van der Waals surface area contributed by atoms with Gasteiger partial charge in [0.25, 0.3) is 0 Å². The Labute approximate surface area is 101 Å². The highest BCUT2D eigenvalue weighted by Gasteiger charge is 2.15. The minimum Gasteiger partial charge on any atom is -0.385 e. The van der Waals surface area contributed by atoms with E-state index in [-0.39, 0.29) is 5.41 Å². The van der Waals surface area contributed by atoms with Gasteiger partial charge in [-0.2, -0.15) is 5.26 Å². The van der Waals surface area contributed by atoms with Crippen LogP contribution in [0.2, 0.25) is 0 Å². The van der Waals surface area contributed by atoms with Crippen molar-refractivity contribution in [3.05, 3.63) is 29.8 Å². The Kier molecular flexibility index (Phi) is 4.11. The lowest BCUT2D eigenvalue weighted by Crippen LogP contribution is -2.15. The molecule has 0 aliphatic rings. The lowest BCUT2D eigenvalue weighted by molar-refractivity contribution is 0.100. The van der Waals surface area contributed by atoms with Gasteiger partial charge in [-0.05, 0) is 38.5 Å². The van der Waals surface area contributed by atoms with Crippen LogP contribution in [-0.2, 0) is 0 Å². The number of nitrogens with zero attached hydrogens (tertiary/aromatic N) is 1. The molecule has 0 saturated carbocycles. The monoisotopic (exact) mass is 231 g/mol. The van der Waals surface area contributed by atoms with Gasteiger partial charge in [0.2, 0.25) is 5.91 Å². The van der Waals surface area contributed by atoms with E-state index in [0.29, 0.717) is 12.1 Å². The largest absolute Gasteiger partial charge is 0.385 e. The summed E-state index contributed by atoms with van der Waals surface area (Å²) in [6.07, 6.45) is 0.740. The number of rotatable bonds is 5. The van der Waals surface area contributed by atoms with Crippen molar-refractivity contribution in [2.75, 3.05) is 11.9 Å². The Morgan fingerprint density at radius 2 is 2.24 bits per heavy atom. The Bertz CT molecular complexity index is 446. The minimum atomic E-state index is -0.439. The molecule has 0 aliphatic carbocycles. The van der Waals surface area contributed by atoms with Gasteiger partial charge in [0.15, 0.2) is 0 Å². The van der Waals surface area contributed by atoms with E-state index >= 15 is 0 Å². The second-order valence-corrected chi connectivity index (χ2v) is 4.62. The summed E-state index contributed by atoms with van der Waals surface area (Å²) < 4.78 is 0. The molecule has 0 heterocycles. The summed E-state index contributed by atoms with van der Waals surface area (Å²) in [4.78, 5) is 11.0. The standard InChI is InChI=1S/C13H17N3O/c1-13(2,9-14)6-7-16-11-5-3-4-10(8-11)12(15)17/h3-5,8,16H,6-7H2,1-2H3,(H2,15,17). The Morgan fingerprint density at radius 1 is 1.53 bits per heavy atom. The fourth-order valence-electron chi connectivity index (χ4n) is 1.36. The number of hydrogen-bond donors (Lipinski definition) is 2. The van der Waals surface area contributed by atoms with Crippen LogP contribution in [-0.4, -0.2) is 12.5 Å². The second kappa shape index (κ2) is 5.35. The molecule has 1 aromatic rings. The lowest BCUT2D eigenvalue weighted by atomic mass is 9.91. The van der Waals surface area contributed by atoms with Crippen LogP contribution in [0.3, 0.4) is 0 Å². The number of carbonyl (C=O) groups is 1. The van der Waals surface area contributed by atoms with Crippen molar-refractivity contribution in [2.45, 2.75) is 20.3 Å². The third-order valence-corrected chi connectivity index (χ3v) is 2.53. The maximum atomic E-state index is 11.0. The Balaban J connectivity index is 2.56. The molecule has 1 amide bonds. The van der Waals surface area contributed by atoms with E-state index in [1.165, 1.54) is 0 Å². The van der Waals surface area contributed by atoms with E-state index in [0.717, 1.165) is 12.1 Å². The van der Waals surface area contributed by atoms with E-state index < -0.39 is 5.91 Å². The van der Waals surface area contributed by atoms with Gasteiger partial charge in [-0.15, -0.1) is 0 Å². The summed E-state index contributed by atoms with van der Waals surface area (Å²) >= 11 is 0. The van der Waals surface area contributed by atoms with Crippen LogP contribution in [0.15, 0.2) is 24.3 Å². The molecular formula is C13H17N3O. The quantitative estimate of drug-likeness (QED) is 0.814. The molecule has 0 fully saturated rings. The molecule has 0 aliphatic heterocycles. The van der Waals surface area contributed by atoms with E-state index in [4.69, 9.17) is 11.0 Å². The number of primary amides is 1. The smallest absolute Gasteiger partial charge is 0.248 e. The van der Waals surface area contributed by atoms with Gasteiger partial charge in [-0.25, -0.2) is 0 Å². The zero-order valence-electron chi connectivity index (χ0n) is 10.2. The van der Waals surface area contributed by atoms with E-state index in [2.05, 4.69) is 11.4 Å². The van der Waals surface area contributed by atoms with Crippen molar-refractivity contribution in [3.8, 4) is 6.07 Å². The minimum absolute atomic E-state index is 0.339. The second-order valence-electron chi connectivity index (χ2n) is 4.62. The summed E-state index contributed by atoms with van der Waals surface area (Å²) in [5.74, 6) is -0.439. The van der Waals surface area contributed by atoms with Crippen LogP contribution < -0.4 is 11.1 Å².